The maximum atomic E-state index is 5.42. The smallest absolute Gasteiger partial charge is 0.318 e. The van der Waals surface area contributed by atoms with Gasteiger partial charge in [0.25, 0.3) is 0 Å². The van der Waals surface area contributed by atoms with E-state index in [-0.39, 0.29) is 12.4 Å². The molecule has 0 saturated carbocycles. The number of benzene rings is 2. The number of ether oxygens (including phenoxy) is 2. The Morgan fingerprint density at radius 1 is 0.864 bits per heavy atom. The van der Waals surface area contributed by atoms with E-state index in [0.29, 0.717) is 17.6 Å². The molecule has 6 heteroatoms. The van der Waals surface area contributed by atoms with E-state index in [4.69, 9.17) is 9.47 Å². The van der Waals surface area contributed by atoms with Crippen LogP contribution in [0.25, 0.3) is 10.9 Å². The van der Waals surface area contributed by atoms with Gasteiger partial charge in [0.1, 0.15) is 11.6 Å². The maximum Gasteiger partial charge on any atom is 0.318 e. The number of halogens is 1. The van der Waals surface area contributed by atoms with Crippen molar-refractivity contribution in [3.8, 4) is 11.8 Å². The van der Waals surface area contributed by atoms with Gasteiger partial charge in [0.15, 0.2) is 0 Å². The molecule has 2 aromatic carbocycles. The van der Waals surface area contributed by atoms with Crippen molar-refractivity contribution in [2.75, 3.05) is 19.5 Å². The highest BCUT2D eigenvalue weighted by molar-refractivity contribution is 5.96. The van der Waals surface area contributed by atoms with Gasteiger partial charge in [-0.3, -0.25) is 0 Å². The van der Waals surface area contributed by atoms with E-state index in [1.54, 1.807) is 14.2 Å². The summed E-state index contributed by atoms with van der Waals surface area (Å²) in [5.74, 6) is 1.37. The molecule has 1 aromatic heterocycles. The number of nitrogens with zero attached hydrogens (tertiary/aromatic N) is 2. The third kappa shape index (κ3) is 3.04. The molecule has 22 heavy (non-hydrogen) atoms. The number of rotatable bonds is 4. The summed E-state index contributed by atoms with van der Waals surface area (Å²) in [6.45, 7) is 0. The third-order valence-electron chi connectivity index (χ3n) is 3.10. The first-order valence-corrected chi connectivity index (χ1v) is 6.52. The minimum absolute atomic E-state index is 0. The highest BCUT2D eigenvalue weighted by Crippen LogP contribution is 2.32. The van der Waals surface area contributed by atoms with Crippen LogP contribution in [0.2, 0.25) is 0 Å². The van der Waals surface area contributed by atoms with Gasteiger partial charge >= 0.3 is 6.01 Å². The highest BCUT2D eigenvalue weighted by Gasteiger charge is 2.12. The Bertz CT molecular complexity index is 766. The summed E-state index contributed by atoms with van der Waals surface area (Å²) in [6, 6.07) is 15.8. The van der Waals surface area contributed by atoms with Crippen molar-refractivity contribution in [3.63, 3.8) is 0 Å². The largest absolute Gasteiger partial charge is 0.496 e. The van der Waals surface area contributed by atoms with Crippen LogP contribution in [-0.2, 0) is 0 Å². The van der Waals surface area contributed by atoms with Gasteiger partial charge in [-0.25, -0.2) is 0 Å². The molecule has 0 radical (unpaired) electrons. The van der Waals surface area contributed by atoms with E-state index in [2.05, 4.69) is 15.3 Å². The van der Waals surface area contributed by atoms with Gasteiger partial charge in [-0.1, -0.05) is 24.3 Å². The summed E-state index contributed by atoms with van der Waals surface area (Å²) in [7, 11) is 3.18. The van der Waals surface area contributed by atoms with Crippen LogP contribution >= 0.6 is 12.4 Å². The first-order chi connectivity index (χ1) is 10.3. The zero-order valence-corrected chi connectivity index (χ0v) is 13.1. The Hall–Kier alpha value is -2.53. The van der Waals surface area contributed by atoms with Crippen molar-refractivity contribution >= 4 is 34.8 Å². The van der Waals surface area contributed by atoms with Gasteiger partial charge in [0, 0.05) is 5.69 Å². The molecule has 0 aliphatic carbocycles. The standard InChI is InChI=1S/C16H15N3O2.ClH/c1-20-13-10-6-9-12-14(13)15(19-16(18-12)21-2)17-11-7-4-3-5-8-11;/h3-10H,1-2H3,(H,17,18,19);1H. The fraction of sp³-hybridized carbons (Fsp3) is 0.125. The first-order valence-electron chi connectivity index (χ1n) is 6.52. The lowest BCUT2D eigenvalue weighted by molar-refractivity contribution is 0.382. The van der Waals surface area contributed by atoms with Gasteiger partial charge in [0.2, 0.25) is 0 Å². The van der Waals surface area contributed by atoms with Gasteiger partial charge in [0.05, 0.1) is 25.1 Å². The Kier molecular flexibility index (Phi) is 5.01. The van der Waals surface area contributed by atoms with Crippen molar-refractivity contribution in [2.24, 2.45) is 0 Å². The Labute approximate surface area is 134 Å². The summed E-state index contributed by atoms with van der Waals surface area (Å²) in [5.41, 5.74) is 1.70. The van der Waals surface area contributed by atoms with E-state index in [1.165, 1.54) is 0 Å². The molecule has 0 unspecified atom stereocenters. The molecule has 114 valence electrons. The van der Waals surface area contributed by atoms with Crippen LogP contribution in [0, 0.1) is 0 Å². The second-order valence-electron chi connectivity index (χ2n) is 4.40. The molecule has 0 bridgehead atoms. The number of fused-ring (bicyclic) bond motifs is 1. The zero-order chi connectivity index (χ0) is 14.7. The molecule has 1 N–H and O–H groups in total. The number of methoxy groups -OCH3 is 2. The van der Waals surface area contributed by atoms with Gasteiger partial charge in [-0.2, -0.15) is 9.97 Å². The summed E-state index contributed by atoms with van der Waals surface area (Å²) in [4.78, 5) is 8.75. The monoisotopic (exact) mass is 317 g/mol. The van der Waals surface area contributed by atoms with Crippen molar-refractivity contribution in [3.05, 3.63) is 48.5 Å². The quantitative estimate of drug-likeness (QED) is 0.793. The Balaban J connectivity index is 0.00000176. The molecule has 0 saturated heterocycles. The summed E-state index contributed by atoms with van der Waals surface area (Å²) in [5, 5.41) is 4.11. The number of para-hydroxylation sites is 1. The van der Waals surface area contributed by atoms with Crippen molar-refractivity contribution in [2.45, 2.75) is 0 Å². The average Bonchev–Trinajstić information content (AvgIpc) is 2.54. The molecule has 0 amide bonds. The van der Waals surface area contributed by atoms with Crippen LogP contribution in [-0.4, -0.2) is 24.2 Å². The molecular formula is C16H16ClN3O2. The number of aromatic nitrogens is 2. The van der Waals surface area contributed by atoms with E-state index in [0.717, 1.165) is 16.6 Å². The maximum absolute atomic E-state index is 5.42. The summed E-state index contributed by atoms with van der Waals surface area (Å²) in [6.07, 6.45) is 0. The fourth-order valence-corrected chi connectivity index (χ4v) is 2.14. The van der Waals surface area contributed by atoms with Crippen LogP contribution < -0.4 is 14.8 Å². The molecule has 1 heterocycles. The van der Waals surface area contributed by atoms with Crippen LogP contribution in [0.5, 0.6) is 11.8 Å². The number of nitrogens with one attached hydrogen (secondary N) is 1. The SMILES string of the molecule is COc1nc(Nc2ccccc2)c2c(OC)cccc2n1.Cl. The van der Waals surface area contributed by atoms with Crippen molar-refractivity contribution in [1.29, 1.82) is 0 Å². The van der Waals surface area contributed by atoms with Gasteiger partial charge in [-0.05, 0) is 24.3 Å². The molecule has 5 nitrogen and oxygen atoms in total. The van der Waals surface area contributed by atoms with E-state index in [9.17, 15) is 0 Å². The van der Waals surface area contributed by atoms with Crippen LogP contribution in [0.15, 0.2) is 48.5 Å². The predicted octanol–water partition coefficient (Wildman–Crippen LogP) is 3.81. The van der Waals surface area contributed by atoms with Gasteiger partial charge in [-0.15, -0.1) is 12.4 Å². The van der Waals surface area contributed by atoms with Crippen molar-refractivity contribution < 1.29 is 9.47 Å². The molecule has 0 atom stereocenters. The lowest BCUT2D eigenvalue weighted by Gasteiger charge is -2.12. The Morgan fingerprint density at radius 2 is 1.64 bits per heavy atom. The average molecular weight is 318 g/mol. The lowest BCUT2D eigenvalue weighted by Crippen LogP contribution is -2.01. The molecular weight excluding hydrogens is 302 g/mol. The minimum atomic E-state index is 0. The van der Waals surface area contributed by atoms with Crippen molar-refractivity contribution in [1.82, 2.24) is 9.97 Å². The summed E-state index contributed by atoms with van der Waals surface area (Å²) < 4.78 is 10.6. The van der Waals surface area contributed by atoms with Crippen LogP contribution in [0.4, 0.5) is 11.5 Å². The Morgan fingerprint density at radius 3 is 2.32 bits per heavy atom. The van der Waals surface area contributed by atoms with E-state index in [1.807, 2.05) is 48.5 Å². The molecule has 3 aromatic rings. The topological polar surface area (TPSA) is 56.3 Å². The van der Waals surface area contributed by atoms with Crippen LogP contribution in [0.1, 0.15) is 0 Å². The van der Waals surface area contributed by atoms with E-state index < -0.39 is 0 Å². The first kappa shape index (κ1) is 15.9. The second kappa shape index (κ2) is 6.95. The fourth-order valence-electron chi connectivity index (χ4n) is 2.14. The van der Waals surface area contributed by atoms with Crippen LogP contribution in [0.3, 0.4) is 0 Å². The number of anilines is 2. The number of hydrogen-bond donors (Lipinski definition) is 1. The lowest BCUT2D eigenvalue weighted by atomic mass is 10.2. The summed E-state index contributed by atoms with van der Waals surface area (Å²) >= 11 is 0. The molecule has 3 rings (SSSR count). The second-order valence-corrected chi connectivity index (χ2v) is 4.40. The predicted molar refractivity (Wildman–Crippen MR) is 89.6 cm³/mol. The normalized spacial score (nSPS) is 9.91. The van der Waals surface area contributed by atoms with Gasteiger partial charge < -0.3 is 14.8 Å². The highest BCUT2D eigenvalue weighted by atomic mass is 35.5. The van der Waals surface area contributed by atoms with E-state index >= 15 is 0 Å². The molecule has 0 aliphatic heterocycles. The third-order valence-corrected chi connectivity index (χ3v) is 3.10. The molecule has 0 spiro atoms. The molecule has 0 aliphatic rings. The number of hydrogen-bond acceptors (Lipinski definition) is 5. The zero-order valence-electron chi connectivity index (χ0n) is 12.2. The minimum Gasteiger partial charge on any atom is -0.496 e. The molecule has 0 fully saturated rings.